The van der Waals surface area contributed by atoms with Crippen LogP contribution in [0.25, 0.3) is 22.0 Å². The number of carbonyl (C=O) groups excluding carboxylic acids is 1. The third-order valence-corrected chi connectivity index (χ3v) is 6.03. The molecule has 0 radical (unpaired) electrons. The molecule has 1 fully saturated rings. The minimum atomic E-state index is -0.191. The van der Waals surface area contributed by atoms with E-state index in [1.165, 1.54) is 0 Å². The molecule has 1 aliphatic rings. The summed E-state index contributed by atoms with van der Waals surface area (Å²) in [4.78, 5) is 24.1. The van der Waals surface area contributed by atoms with Crippen LogP contribution in [0.1, 0.15) is 24.2 Å². The first kappa shape index (κ1) is 23.6. The number of nitrogens with zero attached hydrogens (tertiary/aromatic N) is 3. The number of benzene rings is 3. The number of hydrogen-bond acceptors (Lipinski definition) is 7. The summed E-state index contributed by atoms with van der Waals surface area (Å²) in [6.45, 7) is 7.02. The summed E-state index contributed by atoms with van der Waals surface area (Å²) in [6.07, 6.45) is 1.74. The highest BCUT2D eigenvalue weighted by atomic mass is 16.5. The second-order valence-corrected chi connectivity index (χ2v) is 9.11. The molecule has 2 heterocycles. The highest BCUT2D eigenvalue weighted by molar-refractivity contribution is 6.05. The lowest BCUT2D eigenvalue weighted by Gasteiger charge is -2.29. The van der Waals surface area contributed by atoms with Crippen LogP contribution in [0.2, 0.25) is 0 Å². The largest absolute Gasteiger partial charge is 0.507 e. The number of phenols is 1. The van der Waals surface area contributed by atoms with Crippen molar-refractivity contribution in [1.82, 2.24) is 9.97 Å². The number of anilines is 3. The van der Waals surface area contributed by atoms with Crippen LogP contribution in [0, 0.1) is 0 Å². The van der Waals surface area contributed by atoms with Gasteiger partial charge in [-0.25, -0.2) is 9.97 Å². The average molecular weight is 484 g/mol. The lowest BCUT2D eigenvalue weighted by Crippen LogP contribution is -2.36. The molecule has 3 aromatic carbocycles. The summed E-state index contributed by atoms with van der Waals surface area (Å²) in [5.41, 5.74) is 4.30. The van der Waals surface area contributed by atoms with Crippen molar-refractivity contribution in [2.75, 3.05) is 41.8 Å². The first-order valence-corrected chi connectivity index (χ1v) is 12.1. The summed E-state index contributed by atoms with van der Waals surface area (Å²) in [5.74, 6) is 0.439. The van der Waals surface area contributed by atoms with Crippen LogP contribution in [0.4, 0.5) is 17.3 Å². The first-order chi connectivity index (χ1) is 17.5. The van der Waals surface area contributed by atoms with Crippen LogP contribution in [-0.2, 0) is 4.74 Å². The maximum atomic E-state index is 13.0. The summed E-state index contributed by atoms with van der Waals surface area (Å²) in [7, 11) is 0. The van der Waals surface area contributed by atoms with Gasteiger partial charge in [0.1, 0.15) is 5.75 Å². The fourth-order valence-electron chi connectivity index (χ4n) is 4.26. The standard InChI is InChI=1S/C28H29N5O3/c1-18(2)30-28-29-17-21-15-24(26(34)16-25(21)32-28)19-5-3-7-22(13-19)31-27(35)20-6-4-8-23(14-20)33-9-11-36-12-10-33/h3-8,13-18,34H,9-12H2,1-2H3,(H,31,35)(H,29,30,32). The van der Waals surface area contributed by atoms with Crippen molar-refractivity contribution in [2.24, 2.45) is 0 Å². The third kappa shape index (κ3) is 5.23. The number of ether oxygens (including phenoxy) is 1. The SMILES string of the molecule is CC(C)Nc1ncc2cc(-c3cccc(NC(=O)c4cccc(N5CCOCC5)c4)c3)c(O)cc2n1. The number of phenolic OH excluding ortho intramolecular Hbond substituents is 1. The Morgan fingerprint density at radius 3 is 2.67 bits per heavy atom. The van der Waals surface area contributed by atoms with E-state index >= 15 is 0 Å². The predicted molar refractivity (Wildman–Crippen MR) is 143 cm³/mol. The molecule has 3 N–H and O–H groups in total. The number of carbonyl (C=O) groups is 1. The number of hydrogen-bond donors (Lipinski definition) is 3. The minimum absolute atomic E-state index is 0.110. The van der Waals surface area contributed by atoms with Gasteiger partial charge in [0.25, 0.3) is 5.91 Å². The highest BCUT2D eigenvalue weighted by Crippen LogP contribution is 2.34. The third-order valence-electron chi connectivity index (χ3n) is 6.03. The van der Waals surface area contributed by atoms with Gasteiger partial charge in [0.15, 0.2) is 0 Å². The molecular formula is C28H29N5O3. The van der Waals surface area contributed by atoms with Crippen molar-refractivity contribution >= 4 is 34.1 Å². The smallest absolute Gasteiger partial charge is 0.255 e. The lowest BCUT2D eigenvalue weighted by molar-refractivity contribution is 0.102. The van der Waals surface area contributed by atoms with E-state index in [9.17, 15) is 9.90 Å². The molecule has 0 atom stereocenters. The van der Waals surface area contributed by atoms with Crippen molar-refractivity contribution in [3.05, 3.63) is 72.4 Å². The maximum Gasteiger partial charge on any atom is 0.255 e. The molecule has 8 nitrogen and oxygen atoms in total. The zero-order valence-electron chi connectivity index (χ0n) is 20.4. The minimum Gasteiger partial charge on any atom is -0.507 e. The molecule has 4 aromatic rings. The normalized spacial score (nSPS) is 13.7. The molecular weight excluding hydrogens is 454 g/mol. The van der Waals surface area contributed by atoms with E-state index in [1.807, 2.05) is 62.4 Å². The van der Waals surface area contributed by atoms with Gasteiger partial charge < -0.3 is 25.4 Å². The first-order valence-electron chi connectivity index (χ1n) is 12.1. The Hall–Kier alpha value is -4.17. The highest BCUT2D eigenvalue weighted by Gasteiger charge is 2.15. The van der Waals surface area contributed by atoms with Gasteiger partial charge in [0.05, 0.1) is 18.7 Å². The fourth-order valence-corrected chi connectivity index (χ4v) is 4.26. The van der Waals surface area contributed by atoms with Crippen LogP contribution in [0.3, 0.4) is 0 Å². The molecule has 0 bridgehead atoms. The Bertz CT molecular complexity index is 1400. The van der Waals surface area contributed by atoms with Crippen molar-refractivity contribution in [2.45, 2.75) is 19.9 Å². The van der Waals surface area contributed by atoms with Gasteiger partial charge in [-0.1, -0.05) is 18.2 Å². The van der Waals surface area contributed by atoms with Crippen LogP contribution >= 0.6 is 0 Å². The number of morpholine rings is 1. The van der Waals surface area contributed by atoms with Gasteiger partial charge >= 0.3 is 0 Å². The number of aromatic hydroxyl groups is 1. The number of rotatable bonds is 6. The summed E-state index contributed by atoms with van der Waals surface area (Å²) in [5, 5.41) is 17.7. The summed E-state index contributed by atoms with van der Waals surface area (Å²) in [6, 6.07) is 18.7. The number of fused-ring (bicyclic) bond motifs is 1. The van der Waals surface area contributed by atoms with E-state index in [-0.39, 0.29) is 17.7 Å². The van der Waals surface area contributed by atoms with Crippen LogP contribution < -0.4 is 15.5 Å². The van der Waals surface area contributed by atoms with Crippen molar-refractivity contribution in [3.8, 4) is 16.9 Å². The van der Waals surface area contributed by atoms with Crippen LogP contribution in [0.5, 0.6) is 5.75 Å². The number of amides is 1. The van der Waals surface area contributed by atoms with Gasteiger partial charge in [-0.15, -0.1) is 0 Å². The van der Waals surface area contributed by atoms with Crippen molar-refractivity contribution < 1.29 is 14.6 Å². The molecule has 1 aromatic heterocycles. The number of nitrogens with one attached hydrogen (secondary N) is 2. The van der Waals surface area contributed by atoms with Crippen molar-refractivity contribution in [3.63, 3.8) is 0 Å². The Balaban J connectivity index is 1.37. The molecule has 0 spiro atoms. The topological polar surface area (TPSA) is 99.6 Å². The second-order valence-electron chi connectivity index (χ2n) is 9.11. The zero-order valence-corrected chi connectivity index (χ0v) is 20.4. The van der Waals surface area contributed by atoms with Crippen molar-refractivity contribution in [1.29, 1.82) is 0 Å². The fraction of sp³-hybridized carbons (Fsp3) is 0.250. The zero-order chi connectivity index (χ0) is 25.1. The molecule has 0 aliphatic carbocycles. The van der Waals surface area contributed by atoms with E-state index in [1.54, 1.807) is 18.3 Å². The molecule has 1 aliphatic heterocycles. The van der Waals surface area contributed by atoms with Crippen LogP contribution in [0.15, 0.2) is 66.9 Å². The molecule has 36 heavy (non-hydrogen) atoms. The molecule has 0 unspecified atom stereocenters. The van der Waals surface area contributed by atoms with E-state index in [4.69, 9.17) is 4.74 Å². The van der Waals surface area contributed by atoms with Gasteiger partial charge in [-0.2, -0.15) is 0 Å². The number of aromatic nitrogens is 2. The molecule has 1 amide bonds. The Kier molecular flexibility index (Phi) is 6.69. The Labute approximate surface area is 210 Å². The molecule has 8 heteroatoms. The van der Waals surface area contributed by atoms with E-state index in [0.717, 1.165) is 29.7 Å². The predicted octanol–water partition coefficient (Wildman–Crippen LogP) is 4.91. The Morgan fingerprint density at radius 1 is 1.06 bits per heavy atom. The lowest BCUT2D eigenvalue weighted by atomic mass is 10.0. The van der Waals surface area contributed by atoms with Gasteiger partial charge in [-0.05, 0) is 55.8 Å². The average Bonchev–Trinajstić information content (AvgIpc) is 2.88. The maximum absolute atomic E-state index is 13.0. The Morgan fingerprint density at radius 2 is 1.86 bits per heavy atom. The van der Waals surface area contributed by atoms with E-state index in [0.29, 0.717) is 41.5 Å². The van der Waals surface area contributed by atoms with Gasteiger partial charge in [0, 0.05) is 59.3 Å². The van der Waals surface area contributed by atoms with E-state index < -0.39 is 0 Å². The van der Waals surface area contributed by atoms with E-state index in [2.05, 4.69) is 25.5 Å². The molecule has 0 saturated carbocycles. The molecule has 184 valence electrons. The second kappa shape index (κ2) is 10.2. The molecule has 5 rings (SSSR count). The molecule has 1 saturated heterocycles. The summed E-state index contributed by atoms with van der Waals surface area (Å²) < 4.78 is 5.43. The summed E-state index contributed by atoms with van der Waals surface area (Å²) >= 11 is 0. The monoisotopic (exact) mass is 483 g/mol. The van der Waals surface area contributed by atoms with Gasteiger partial charge in [0.2, 0.25) is 5.95 Å². The van der Waals surface area contributed by atoms with Crippen LogP contribution in [-0.4, -0.2) is 53.3 Å². The quantitative estimate of drug-likeness (QED) is 0.358. The van der Waals surface area contributed by atoms with Gasteiger partial charge in [-0.3, -0.25) is 4.79 Å².